The number of alkyl halides is 1. The van der Waals surface area contributed by atoms with E-state index in [0.29, 0.717) is 19.3 Å². The number of likely N-dealkylation sites (tertiary alicyclic amines) is 2. The molecule has 0 aromatic heterocycles. The Morgan fingerprint density at radius 3 is 1.51 bits per heavy atom. The molecular weight excluding hydrogens is 919 g/mol. The molecule has 0 N–H and O–H groups in total. The lowest BCUT2D eigenvalue weighted by molar-refractivity contribution is -0.385. The number of ether oxygens (including phenoxy) is 6. The number of Topliss-reactive ketones (excluding diaryl/α,β-unsaturated/α-hetero) is 2. The second-order valence-corrected chi connectivity index (χ2v) is 14.5. The molecule has 0 aliphatic carbocycles. The third-order valence-electron chi connectivity index (χ3n) is 9.83. The third kappa shape index (κ3) is 10.9. The number of nitrogens with zero attached hydrogens (tertiary/aromatic N) is 4. The lowest BCUT2D eigenvalue weighted by atomic mass is 10.1. The number of esters is 2. The summed E-state index contributed by atoms with van der Waals surface area (Å²) < 4.78 is 33.4. The van der Waals surface area contributed by atoms with Gasteiger partial charge in [-0.05, 0) is 30.4 Å². The number of unbranched alkanes of at least 4 members (excludes halogenated alkanes) is 2. The summed E-state index contributed by atoms with van der Waals surface area (Å²) >= 11 is 2.23. The molecule has 0 spiro atoms. The molecule has 2 fully saturated rings. The van der Waals surface area contributed by atoms with E-state index in [2.05, 4.69) is 22.6 Å². The monoisotopic (exact) mass is 960 g/mol. The Kier molecular flexibility index (Phi) is 15.5. The number of carbonyl (C=O) groups is 6. The van der Waals surface area contributed by atoms with Gasteiger partial charge in [0.1, 0.15) is 29.8 Å². The largest absolute Gasteiger partial charge is 0.493 e. The van der Waals surface area contributed by atoms with E-state index < -0.39 is 92.8 Å². The van der Waals surface area contributed by atoms with Crippen LogP contribution in [0.5, 0.6) is 23.0 Å². The van der Waals surface area contributed by atoms with Crippen LogP contribution in [0.4, 0.5) is 11.4 Å². The first-order valence-electron chi connectivity index (χ1n) is 18.7. The van der Waals surface area contributed by atoms with Crippen LogP contribution in [0.2, 0.25) is 0 Å². The van der Waals surface area contributed by atoms with Crippen molar-refractivity contribution in [3.05, 3.63) is 91.0 Å². The summed E-state index contributed by atoms with van der Waals surface area (Å²) in [4.78, 5) is 101. The number of halogens is 1. The molecule has 0 saturated carbocycles. The van der Waals surface area contributed by atoms with E-state index in [0.717, 1.165) is 63.8 Å². The van der Waals surface area contributed by atoms with Gasteiger partial charge in [0.05, 0.1) is 69.6 Å². The molecule has 0 bridgehead atoms. The number of hydrogen-bond donors (Lipinski definition) is 0. The van der Waals surface area contributed by atoms with Gasteiger partial charge in [-0.1, -0.05) is 46.9 Å². The van der Waals surface area contributed by atoms with Gasteiger partial charge in [-0.25, -0.2) is 9.59 Å². The maximum atomic E-state index is 13.7. The molecule has 2 aliphatic heterocycles. The number of nitro groups is 2. The summed E-state index contributed by atoms with van der Waals surface area (Å²) in [7, 11) is 3.48. The van der Waals surface area contributed by atoms with E-state index in [1.165, 1.54) is 7.11 Å². The molecule has 2 atom stereocenters. The molecule has 21 heteroatoms. The first-order chi connectivity index (χ1) is 29.2. The predicted molar refractivity (Wildman–Crippen MR) is 219 cm³/mol. The van der Waals surface area contributed by atoms with E-state index in [-0.39, 0.29) is 55.7 Å². The Bertz CT molecular complexity index is 2210. The van der Waals surface area contributed by atoms with Crippen LogP contribution in [-0.2, 0) is 39.7 Å². The number of nitro benzene ring substituents is 2. The van der Waals surface area contributed by atoms with Crippen molar-refractivity contribution >= 4 is 69.3 Å². The average Bonchev–Trinajstić information content (AvgIpc) is 3.86. The SMILES string of the molecule is COC(=O)[C@@H]1CC(=O)CN1C(=O)c1cc(OC)c(OCCCCCOc2cc([N+](=O)[O-])c(C(=O)N3CC(=O)C[C@H]3C(=O)OC)cc2OCc2ccc(CI)cc2)cc1[N+](=O)[O-]. The molecule has 2 heterocycles. The van der Waals surface area contributed by atoms with Crippen LogP contribution in [0.15, 0.2) is 48.5 Å². The number of rotatable bonds is 19. The Labute approximate surface area is 361 Å². The van der Waals surface area contributed by atoms with Crippen LogP contribution in [-0.4, -0.2) is 115 Å². The summed E-state index contributed by atoms with van der Waals surface area (Å²) in [5.74, 6) is -4.44. The number of hydrogen-bond acceptors (Lipinski definition) is 16. The van der Waals surface area contributed by atoms with Gasteiger partial charge in [-0.15, -0.1) is 0 Å². The smallest absolute Gasteiger partial charge is 0.329 e. The minimum absolute atomic E-state index is 0.00292. The van der Waals surface area contributed by atoms with Gasteiger partial charge >= 0.3 is 11.9 Å². The van der Waals surface area contributed by atoms with Gasteiger partial charge in [0.2, 0.25) is 0 Å². The molecule has 2 saturated heterocycles. The number of ketones is 2. The van der Waals surface area contributed by atoms with Crippen molar-refractivity contribution in [1.29, 1.82) is 0 Å². The van der Waals surface area contributed by atoms with Crippen molar-refractivity contribution in [3.63, 3.8) is 0 Å². The maximum absolute atomic E-state index is 13.7. The van der Waals surface area contributed by atoms with E-state index in [1.807, 2.05) is 24.3 Å². The molecule has 0 radical (unpaired) electrons. The van der Waals surface area contributed by atoms with E-state index in [4.69, 9.17) is 28.4 Å². The van der Waals surface area contributed by atoms with Crippen molar-refractivity contribution in [2.45, 2.75) is 55.2 Å². The van der Waals surface area contributed by atoms with Gasteiger partial charge in [0, 0.05) is 29.4 Å². The Morgan fingerprint density at radius 2 is 1.08 bits per heavy atom. The first-order valence-corrected chi connectivity index (χ1v) is 20.3. The van der Waals surface area contributed by atoms with Crippen LogP contribution in [0.1, 0.15) is 63.9 Å². The minimum atomic E-state index is -1.25. The van der Waals surface area contributed by atoms with Crippen LogP contribution >= 0.6 is 22.6 Å². The highest BCUT2D eigenvalue weighted by atomic mass is 127. The fraction of sp³-hybridized carbons (Fsp3) is 0.400. The summed E-state index contributed by atoms with van der Waals surface area (Å²) in [6, 6.07) is 9.42. The standard InChI is InChI=1S/C40H41IN4O16/c1-56-33-15-27(37(48)42-20-25(46)13-31(42)39(50)57-2)29(44(52)53)17-35(33)59-11-5-4-6-12-60-36-18-30(45(54)55)28(38(49)43-21-26(47)14-32(43)40(51)58-3)16-34(36)61-22-24-9-7-23(19-41)8-10-24/h7-10,15-18,31-32H,4-6,11-14,19-22H2,1-3H3/t31-,32-/m0/s1. The van der Waals surface area contributed by atoms with E-state index in [1.54, 1.807) is 0 Å². The van der Waals surface area contributed by atoms with E-state index in [9.17, 15) is 49.0 Å². The van der Waals surface area contributed by atoms with Gasteiger partial charge in [0.25, 0.3) is 23.2 Å². The quantitative estimate of drug-likeness (QED) is 0.0399. The molecule has 0 unspecified atom stereocenters. The Morgan fingerprint density at radius 1 is 0.656 bits per heavy atom. The molecule has 2 amide bonds. The number of methoxy groups -OCH3 is 3. The summed E-state index contributed by atoms with van der Waals surface area (Å²) in [6.45, 7) is -0.773. The van der Waals surface area contributed by atoms with E-state index >= 15 is 0 Å². The number of amides is 2. The lowest BCUT2D eigenvalue weighted by Gasteiger charge is -2.22. The second kappa shape index (κ2) is 20.7. The van der Waals surface area contributed by atoms with Crippen molar-refractivity contribution < 1.29 is 67.0 Å². The highest BCUT2D eigenvalue weighted by Gasteiger charge is 2.43. The molecule has 324 valence electrons. The fourth-order valence-corrected chi connectivity index (χ4v) is 7.19. The highest BCUT2D eigenvalue weighted by Crippen LogP contribution is 2.38. The van der Waals surface area contributed by atoms with Crippen LogP contribution in [0.3, 0.4) is 0 Å². The maximum Gasteiger partial charge on any atom is 0.329 e. The first kappa shape index (κ1) is 45.7. The van der Waals surface area contributed by atoms with Crippen molar-refractivity contribution in [2.24, 2.45) is 0 Å². The summed E-state index contributed by atoms with van der Waals surface area (Å²) in [5, 5.41) is 24.4. The summed E-state index contributed by atoms with van der Waals surface area (Å²) in [6.07, 6.45) is 0.701. The third-order valence-corrected chi connectivity index (χ3v) is 10.7. The predicted octanol–water partition coefficient (Wildman–Crippen LogP) is 4.57. The lowest BCUT2D eigenvalue weighted by Crippen LogP contribution is -2.41. The van der Waals surface area contributed by atoms with Crippen LogP contribution in [0.25, 0.3) is 0 Å². The Hall–Kier alpha value is -6.39. The molecule has 61 heavy (non-hydrogen) atoms. The van der Waals surface area contributed by atoms with Crippen molar-refractivity contribution in [1.82, 2.24) is 9.80 Å². The zero-order chi connectivity index (χ0) is 44.4. The van der Waals surface area contributed by atoms with Gasteiger partial charge < -0.3 is 38.2 Å². The zero-order valence-corrected chi connectivity index (χ0v) is 35.4. The molecule has 3 aromatic carbocycles. The highest BCUT2D eigenvalue weighted by molar-refractivity contribution is 14.1. The summed E-state index contributed by atoms with van der Waals surface area (Å²) in [5.41, 5.74) is -0.254. The minimum Gasteiger partial charge on any atom is -0.493 e. The van der Waals surface area contributed by atoms with Gasteiger partial charge in [0.15, 0.2) is 34.6 Å². The van der Waals surface area contributed by atoms with Crippen LogP contribution < -0.4 is 18.9 Å². The van der Waals surface area contributed by atoms with Gasteiger partial charge in [-0.3, -0.25) is 39.4 Å². The molecule has 20 nitrogen and oxygen atoms in total. The van der Waals surface area contributed by atoms with Gasteiger partial charge in [-0.2, -0.15) is 0 Å². The molecular formula is C40H41IN4O16. The number of benzene rings is 3. The topological polar surface area (TPSA) is 251 Å². The molecule has 3 aromatic rings. The second-order valence-electron chi connectivity index (χ2n) is 13.8. The van der Waals surface area contributed by atoms with Crippen LogP contribution in [0, 0.1) is 20.2 Å². The molecule has 2 aliphatic rings. The molecule has 5 rings (SSSR count). The van der Waals surface area contributed by atoms with Crippen molar-refractivity contribution in [2.75, 3.05) is 47.6 Å². The van der Waals surface area contributed by atoms with Crippen molar-refractivity contribution in [3.8, 4) is 23.0 Å². The Balaban J connectivity index is 1.27. The zero-order valence-electron chi connectivity index (χ0n) is 33.3. The average molecular weight is 961 g/mol. The normalized spacial score (nSPS) is 15.9. The fourth-order valence-electron chi connectivity index (χ4n) is 6.68. The number of carbonyl (C=O) groups excluding carboxylic acids is 6.